The molecular formula is C29H34Cl3N3O5. The molecule has 0 radical (unpaired) electrons. The third-order valence-corrected chi connectivity index (χ3v) is 7.35. The van der Waals surface area contributed by atoms with Crippen LogP contribution < -0.4 is 15.4 Å². The summed E-state index contributed by atoms with van der Waals surface area (Å²) in [6.07, 6.45) is 5.39. The van der Waals surface area contributed by atoms with Crippen LogP contribution in [0.2, 0.25) is 5.15 Å². The van der Waals surface area contributed by atoms with E-state index in [0.717, 1.165) is 43.4 Å². The van der Waals surface area contributed by atoms with E-state index in [1.165, 1.54) is 11.1 Å². The van der Waals surface area contributed by atoms with Crippen molar-refractivity contribution in [2.45, 2.75) is 50.3 Å². The van der Waals surface area contributed by atoms with E-state index in [1.807, 2.05) is 18.2 Å². The molecule has 3 aromatic rings. The summed E-state index contributed by atoms with van der Waals surface area (Å²) >= 11 is 5.84. The number of hydrogen-bond donors (Lipinski definition) is 4. The molecule has 4 N–H and O–H groups in total. The first-order chi connectivity index (χ1) is 18.4. The monoisotopic (exact) mass is 609 g/mol. The number of ether oxygens (including phenoxy) is 2. The van der Waals surface area contributed by atoms with Gasteiger partial charge in [-0.3, -0.25) is 0 Å². The second-order valence-electron chi connectivity index (χ2n) is 9.89. The number of carboxylic acid groups (broad SMARTS) is 1. The summed E-state index contributed by atoms with van der Waals surface area (Å²) in [4.78, 5) is 15.8. The van der Waals surface area contributed by atoms with Crippen molar-refractivity contribution in [1.29, 1.82) is 0 Å². The fourth-order valence-electron chi connectivity index (χ4n) is 5.03. The number of anilines is 1. The van der Waals surface area contributed by atoms with Crippen LogP contribution in [-0.2, 0) is 17.6 Å². The molecule has 1 saturated heterocycles. The Bertz CT molecular complexity index is 1270. The van der Waals surface area contributed by atoms with E-state index < -0.39 is 12.1 Å². The highest BCUT2D eigenvalue weighted by Crippen LogP contribution is 2.31. The van der Waals surface area contributed by atoms with Crippen molar-refractivity contribution in [1.82, 2.24) is 10.3 Å². The van der Waals surface area contributed by atoms with Crippen LogP contribution in [0.25, 0.3) is 0 Å². The van der Waals surface area contributed by atoms with Crippen LogP contribution in [0.1, 0.15) is 52.4 Å². The molecule has 8 nitrogen and oxygen atoms in total. The molecule has 1 aliphatic heterocycles. The summed E-state index contributed by atoms with van der Waals surface area (Å²) in [5.74, 6) is 0.141. The van der Waals surface area contributed by atoms with Crippen LogP contribution in [-0.4, -0.2) is 53.0 Å². The highest BCUT2D eigenvalue weighted by molar-refractivity contribution is 6.29. The van der Waals surface area contributed by atoms with Gasteiger partial charge in [-0.05, 0) is 73.6 Å². The molecule has 1 fully saturated rings. The molecule has 2 aromatic carbocycles. The number of benzene rings is 2. The first-order valence-electron chi connectivity index (χ1n) is 13.0. The Hall–Kier alpha value is -2.59. The van der Waals surface area contributed by atoms with E-state index in [4.69, 9.17) is 21.1 Å². The van der Waals surface area contributed by atoms with Crippen molar-refractivity contribution in [3.63, 3.8) is 0 Å². The fraction of sp³-hybridized carbons (Fsp3) is 0.379. The Morgan fingerprint density at radius 3 is 2.55 bits per heavy atom. The summed E-state index contributed by atoms with van der Waals surface area (Å²) < 4.78 is 11.6. The summed E-state index contributed by atoms with van der Waals surface area (Å²) in [6.45, 7) is 1.81. The van der Waals surface area contributed by atoms with Gasteiger partial charge in [-0.15, -0.1) is 24.8 Å². The molecule has 0 amide bonds. The molecule has 2 heterocycles. The first-order valence-corrected chi connectivity index (χ1v) is 13.4. The zero-order chi connectivity index (χ0) is 26.5. The molecule has 11 heteroatoms. The molecule has 0 unspecified atom stereocenters. The van der Waals surface area contributed by atoms with Crippen molar-refractivity contribution in [3.8, 4) is 11.5 Å². The number of carboxylic acids is 1. The summed E-state index contributed by atoms with van der Waals surface area (Å²) in [5.41, 5.74) is 4.09. The third kappa shape index (κ3) is 8.46. The summed E-state index contributed by atoms with van der Waals surface area (Å²) in [7, 11) is 0. The number of aryl methyl sites for hydroxylation is 1. The van der Waals surface area contributed by atoms with Gasteiger partial charge in [0.25, 0.3) is 0 Å². The average Bonchev–Trinajstić information content (AvgIpc) is 2.92. The van der Waals surface area contributed by atoms with Crippen LogP contribution in [0.4, 0.5) is 5.69 Å². The molecular weight excluding hydrogens is 577 g/mol. The zero-order valence-electron chi connectivity index (χ0n) is 21.8. The number of nitrogens with one attached hydrogen (secondary N) is 2. The lowest BCUT2D eigenvalue weighted by Crippen LogP contribution is -2.37. The number of aliphatic hydroxyl groups excluding tert-OH is 1. The van der Waals surface area contributed by atoms with Gasteiger partial charge in [0.1, 0.15) is 16.7 Å². The molecule has 5 rings (SSSR count). The molecule has 40 heavy (non-hydrogen) atoms. The van der Waals surface area contributed by atoms with Crippen LogP contribution in [0.5, 0.6) is 11.5 Å². The number of pyridine rings is 1. The summed E-state index contributed by atoms with van der Waals surface area (Å²) in [6, 6.07) is 15.0. The topological polar surface area (TPSA) is 113 Å². The Labute approximate surface area is 251 Å². The number of aromatic nitrogens is 1. The quantitative estimate of drug-likeness (QED) is 0.224. The third-order valence-electron chi connectivity index (χ3n) is 7.12. The van der Waals surface area contributed by atoms with Crippen molar-refractivity contribution in [2.24, 2.45) is 0 Å². The van der Waals surface area contributed by atoms with Gasteiger partial charge >= 0.3 is 5.97 Å². The number of carbonyl (C=O) groups is 1. The molecule has 1 aliphatic carbocycles. The predicted molar refractivity (Wildman–Crippen MR) is 160 cm³/mol. The molecule has 0 saturated carbocycles. The van der Waals surface area contributed by atoms with Crippen LogP contribution in [0.3, 0.4) is 0 Å². The van der Waals surface area contributed by atoms with Gasteiger partial charge in [0, 0.05) is 55.4 Å². The molecule has 2 aliphatic rings. The van der Waals surface area contributed by atoms with E-state index in [-0.39, 0.29) is 42.5 Å². The lowest BCUT2D eigenvalue weighted by atomic mass is 9.88. The molecule has 0 spiro atoms. The first kappa shape index (κ1) is 31.9. The van der Waals surface area contributed by atoms with Gasteiger partial charge in [0.05, 0.1) is 11.7 Å². The molecule has 0 bridgehead atoms. The van der Waals surface area contributed by atoms with Crippen molar-refractivity contribution < 1.29 is 24.5 Å². The van der Waals surface area contributed by atoms with Crippen molar-refractivity contribution in [3.05, 3.63) is 82.1 Å². The maximum absolute atomic E-state index is 11.8. The Kier molecular flexibility index (Phi) is 11.9. The number of halogens is 3. The number of rotatable bonds is 9. The fourth-order valence-corrected chi connectivity index (χ4v) is 5.14. The number of aliphatic hydroxyl groups is 1. The second kappa shape index (κ2) is 14.9. The SMILES string of the molecule is Cl.Cl.O=C(O)c1cc(NC2CCOCC2)cc(Oc2ccc3c(c2)C[C@@H](NC[C@@H](O)c2ccc(Cl)nc2)CC3)c1. The van der Waals surface area contributed by atoms with E-state index in [9.17, 15) is 15.0 Å². The molecule has 216 valence electrons. The molecule has 2 atom stereocenters. The Morgan fingerprint density at radius 2 is 1.82 bits per heavy atom. The van der Waals surface area contributed by atoms with Crippen molar-refractivity contribution in [2.75, 3.05) is 25.1 Å². The minimum Gasteiger partial charge on any atom is -0.478 e. The van der Waals surface area contributed by atoms with Gasteiger partial charge in [-0.2, -0.15) is 0 Å². The molecule has 1 aromatic heterocycles. The highest BCUT2D eigenvalue weighted by atomic mass is 35.5. The zero-order valence-corrected chi connectivity index (χ0v) is 24.2. The van der Waals surface area contributed by atoms with E-state index >= 15 is 0 Å². The van der Waals surface area contributed by atoms with Crippen LogP contribution >= 0.6 is 36.4 Å². The van der Waals surface area contributed by atoms with Crippen LogP contribution in [0.15, 0.2) is 54.7 Å². The van der Waals surface area contributed by atoms with Gasteiger partial charge in [-0.25, -0.2) is 9.78 Å². The Morgan fingerprint density at radius 1 is 1.02 bits per heavy atom. The number of hydrogen-bond acceptors (Lipinski definition) is 7. The average molecular weight is 611 g/mol. The van der Waals surface area contributed by atoms with E-state index in [2.05, 4.69) is 21.7 Å². The van der Waals surface area contributed by atoms with Crippen LogP contribution in [0, 0.1) is 0 Å². The lowest BCUT2D eigenvalue weighted by Gasteiger charge is -2.27. The smallest absolute Gasteiger partial charge is 0.335 e. The van der Waals surface area contributed by atoms with Gasteiger partial charge in [0.15, 0.2) is 0 Å². The summed E-state index contributed by atoms with van der Waals surface area (Å²) in [5, 5.41) is 27.5. The maximum Gasteiger partial charge on any atom is 0.335 e. The Balaban J connectivity index is 0.00000220. The van der Waals surface area contributed by atoms with Gasteiger partial charge in [-0.1, -0.05) is 23.7 Å². The second-order valence-corrected chi connectivity index (χ2v) is 10.3. The number of aromatic carboxylic acids is 1. The van der Waals surface area contributed by atoms with E-state index in [0.29, 0.717) is 36.4 Å². The predicted octanol–water partition coefficient (Wildman–Crippen LogP) is 5.84. The van der Waals surface area contributed by atoms with Crippen molar-refractivity contribution >= 4 is 48.1 Å². The van der Waals surface area contributed by atoms with E-state index in [1.54, 1.807) is 30.5 Å². The largest absolute Gasteiger partial charge is 0.478 e. The number of fused-ring (bicyclic) bond motifs is 1. The van der Waals surface area contributed by atoms with Gasteiger partial charge in [0.2, 0.25) is 0 Å². The standard InChI is InChI=1S/C29H32ClN3O5.2ClH/c30-28-6-3-19(16-32-28)27(34)17-31-23-4-1-18-2-5-25(13-20(18)11-23)38-26-14-21(29(35)36)12-24(15-26)33-22-7-9-37-10-8-22;;/h2-3,5-6,12-16,22-23,27,31,33-34H,1,4,7-11,17H2,(H,35,36);2*1H/t23-,27+;;/m0../s1. The minimum absolute atomic E-state index is 0. The maximum atomic E-state index is 11.8. The highest BCUT2D eigenvalue weighted by Gasteiger charge is 2.21. The normalized spacial score (nSPS) is 17.5. The lowest BCUT2D eigenvalue weighted by molar-refractivity contribution is 0.0696. The number of nitrogens with zero attached hydrogens (tertiary/aromatic N) is 1. The minimum atomic E-state index is -0.999. The van der Waals surface area contributed by atoms with Gasteiger partial charge < -0.3 is 30.3 Å².